The molecule has 0 aliphatic rings. The van der Waals surface area contributed by atoms with Gasteiger partial charge in [-0.2, -0.15) is 0 Å². The Morgan fingerprint density at radius 1 is 1.12 bits per heavy atom. The molecule has 0 saturated heterocycles. The average molecular weight is 252 g/mol. The summed E-state index contributed by atoms with van der Waals surface area (Å²) in [6, 6.07) is 7.40. The van der Waals surface area contributed by atoms with Gasteiger partial charge < -0.3 is 10.6 Å². The average Bonchev–Trinajstić information content (AvgIpc) is 2.34. The van der Waals surface area contributed by atoms with Crippen LogP contribution in [-0.4, -0.2) is 31.2 Å². The summed E-state index contributed by atoms with van der Waals surface area (Å²) in [5.74, 6) is -0.216. The van der Waals surface area contributed by atoms with Gasteiger partial charge in [-0.05, 0) is 30.5 Å². The van der Waals surface area contributed by atoms with Crippen LogP contribution in [0.4, 0.5) is 0 Å². The van der Waals surface area contributed by atoms with Gasteiger partial charge >= 0.3 is 0 Å². The Bertz CT molecular complexity index is 390. The molecule has 0 atom stereocenters. The van der Waals surface area contributed by atoms with E-state index in [-0.39, 0.29) is 11.8 Å². The number of hydrogen-bond donors (Lipinski definition) is 2. The highest BCUT2D eigenvalue weighted by molar-refractivity contribution is 7.98. The quantitative estimate of drug-likeness (QED) is 0.613. The Morgan fingerprint density at radius 3 is 2.24 bits per heavy atom. The molecular weight excluding hydrogens is 236 g/mol. The first kappa shape index (κ1) is 13.6. The molecule has 0 heterocycles. The molecule has 1 aromatic rings. The van der Waals surface area contributed by atoms with E-state index in [0.29, 0.717) is 18.7 Å². The van der Waals surface area contributed by atoms with Crippen LogP contribution >= 0.6 is 11.8 Å². The number of rotatable bonds is 5. The number of carbonyl (C=O) groups excluding carboxylic acids is 2. The van der Waals surface area contributed by atoms with Crippen LogP contribution in [-0.2, 0) is 4.79 Å². The van der Waals surface area contributed by atoms with Gasteiger partial charge in [0.15, 0.2) is 0 Å². The fourth-order valence-corrected chi connectivity index (χ4v) is 1.67. The van der Waals surface area contributed by atoms with Crippen LogP contribution in [0.15, 0.2) is 29.2 Å². The number of carbonyl (C=O) groups is 2. The summed E-state index contributed by atoms with van der Waals surface area (Å²) < 4.78 is 0. The number of nitrogens with one attached hydrogen (secondary N) is 2. The Labute approximate surface area is 105 Å². The van der Waals surface area contributed by atoms with Gasteiger partial charge in [0, 0.05) is 30.5 Å². The maximum Gasteiger partial charge on any atom is 0.251 e. The lowest BCUT2D eigenvalue weighted by Gasteiger charge is -2.06. The van der Waals surface area contributed by atoms with Crippen molar-refractivity contribution in [3.8, 4) is 0 Å². The maximum absolute atomic E-state index is 11.7. The van der Waals surface area contributed by atoms with Crippen LogP contribution in [0.5, 0.6) is 0 Å². The van der Waals surface area contributed by atoms with E-state index < -0.39 is 0 Å². The van der Waals surface area contributed by atoms with Crippen LogP contribution in [0.3, 0.4) is 0 Å². The van der Waals surface area contributed by atoms with Gasteiger partial charge in [0.1, 0.15) is 0 Å². The van der Waals surface area contributed by atoms with Crippen molar-refractivity contribution >= 4 is 23.6 Å². The minimum atomic E-state index is -0.122. The molecule has 0 radical (unpaired) electrons. The van der Waals surface area contributed by atoms with Crippen molar-refractivity contribution in [1.29, 1.82) is 0 Å². The molecule has 4 nitrogen and oxygen atoms in total. The number of amides is 2. The molecule has 0 spiro atoms. The van der Waals surface area contributed by atoms with Crippen molar-refractivity contribution in [2.45, 2.75) is 11.8 Å². The first-order chi connectivity index (χ1) is 8.13. The molecule has 0 aliphatic heterocycles. The molecule has 5 heteroatoms. The predicted octanol–water partition coefficient (Wildman–Crippen LogP) is 1.27. The van der Waals surface area contributed by atoms with Gasteiger partial charge in [0.05, 0.1) is 0 Å². The molecule has 1 aromatic carbocycles. The Kier molecular flexibility index (Phi) is 5.56. The minimum Gasteiger partial charge on any atom is -0.355 e. The third-order valence-electron chi connectivity index (χ3n) is 2.14. The second kappa shape index (κ2) is 6.96. The van der Waals surface area contributed by atoms with Crippen LogP contribution < -0.4 is 10.6 Å². The molecule has 1 rings (SSSR count). The van der Waals surface area contributed by atoms with Crippen molar-refractivity contribution in [3.05, 3.63) is 29.8 Å². The van der Waals surface area contributed by atoms with E-state index in [9.17, 15) is 9.59 Å². The summed E-state index contributed by atoms with van der Waals surface area (Å²) in [4.78, 5) is 23.4. The summed E-state index contributed by atoms with van der Waals surface area (Å²) in [6.45, 7) is 2.33. The molecule has 17 heavy (non-hydrogen) atoms. The zero-order valence-corrected chi connectivity index (χ0v) is 10.8. The van der Waals surface area contributed by atoms with Gasteiger partial charge in [0.2, 0.25) is 5.91 Å². The van der Waals surface area contributed by atoms with Crippen LogP contribution in [0, 0.1) is 0 Å². The van der Waals surface area contributed by atoms with E-state index in [1.165, 1.54) is 6.92 Å². The highest BCUT2D eigenvalue weighted by atomic mass is 32.2. The molecule has 0 saturated carbocycles. The minimum absolute atomic E-state index is 0.0939. The van der Waals surface area contributed by atoms with Crippen molar-refractivity contribution in [1.82, 2.24) is 10.6 Å². The summed E-state index contributed by atoms with van der Waals surface area (Å²) in [5.41, 5.74) is 0.630. The number of hydrogen-bond acceptors (Lipinski definition) is 3. The SMILES string of the molecule is CSc1ccc(C(=O)NCCNC(C)=O)cc1. The summed E-state index contributed by atoms with van der Waals surface area (Å²) in [6.07, 6.45) is 1.99. The molecular formula is C12H16N2O2S. The van der Waals surface area contributed by atoms with E-state index in [2.05, 4.69) is 10.6 Å². The van der Waals surface area contributed by atoms with Crippen LogP contribution in [0.1, 0.15) is 17.3 Å². The largest absolute Gasteiger partial charge is 0.355 e. The molecule has 0 aromatic heterocycles. The topological polar surface area (TPSA) is 58.2 Å². The summed E-state index contributed by atoms with van der Waals surface area (Å²) in [5, 5.41) is 5.34. The predicted molar refractivity (Wildman–Crippen MR) is 69.2 cm³/mol. The van der Waals surface area contributed by atoms with E-state index in [0.717, 1.165) is 4.90 Å². The Hall–Kier alpha value is -1.49. The lowest BCUT2D eigenvalue weighted by atomic mass is 10.2. The second-order valence-corrected chi connectivity index (χ2v) is 4.35. The van der Waals surface area contributed by atoms with Gasteiger partial charge in [-0.15, -0.1) is 11.8 Å². The standard InChI is InChI=1S/C12H16N2O2S/c1-9(15)13-7-8-14-12(16)10-3-5-11(17-2)6-4-10/h3-6H,7-8H2,1-2H3,(H,13,15)(H,14,16). The fourth-order valence-electron chi connectivity index (χ4n) is 1.26. The van der Waals surface area contributed by atoms with Crippen LogP contribution in [0.25, 0.3) is 0 Å². The highest BCUT2D eigenvalue weighted by Gasteiger charge is 2.04. The van der Waals surface area contributed by atoms with Gasteiger partial charge in [-0.3, -0.25) is 9.59 Å². The molecule has 0 aliphatic carbocycles. The molecule has 0 unspecified atom stereocenters. The Morgan fingerprint density at radius 2 is 1.71 bits per heavy atom. The lowest BCUT2D eigenvalue weighted by Crippen LogP contribution is -2.33. The van der Waals surface area contributed by atoms with E-state index in [1.54, 1.807) is 23.9 Å². The second-order valence-electron chi connectivity index (χ2n) is 3.47. The maximum atomic E-state index is 11.7. The summed E-state index contributed by atoms with van der Waals surface area (Å²) >= 11 is 1.63. The third-order valence-corrected chi connectivity index (χ3v) is 2.88. The van der Waals surface area contributed by atoms with Gasteiger partial charge in [0.25, 0.3) is 5.91 Å². The molecule has 92 valence electrons. The smallest absolute Gasteiger partial charge is 0.251 e. The lowest BCUT2D eigenvalue weighted by molar-refractivity contribution is -0.118. The zero-order chi connectivity index (χ0) is 12.7. The fraction of sp³-hybridized carbons (Fsp3) is 0.333. The normalized spacial score (nSPS) is 9.76. The number of thioether (sulfide) groups is 1. The van der Waals surface area contributed by atoms with Gasteiger partial charge in [-0.25, -0.2) is 0 Å². The van der Waals surface area contributed by atoms with Crippen molar-refractivity contribution < 1.29 is 9.59 Å². The van der Waals surface area contributed by atoms with E-state index in [1.807, 2.05) is 18.4 Å². The van der Waals surface area contributed by atoms with E-state index >= 15 is 0 Å². The monoisotopic (exact) mass is 252 g/mol. The van der Waals surface area contributed by atoms with E-state index in [4.69, 9.17) is 0 Å². The zero-order valence-electron chi connectivity index (χ0n) is 9.95. The van der Waals surface area contributed by atoms with Crippen molar-refractivity contribution in [2.24, 2.45) is 0 Å². The van der Waals surface area contributed by atoms with Crippen molar-refractivity contribution in [3.63, 3.8) is 0 Å². The van der Waals surface area contributed by atoms with Crippen molar-refractivity contribution in [2.75, 3.05) is 19.3 Å². The highest BCUT2D eigenvalue weighted by Crippen LogP contribution is 2.14. The summed E-state index contributed by atoms with van der Waals surface area (Å²) in [7, 11) is 0. The number of benzene rings is 1. The third kappa shape index (κ3) is 4.91. The molecule has 0 fully saturated rings. The first-order valence-electron chi connectivity index (χ1n) is 5.30. The molecule has 2 amide bonds. The molecule has 0 bridgehead atoms. The Balaban J connectivity index is 2.38. The van der Waals surface area contributed by atoms with Gasteiger partial charge in [-0.1, -0.05) is 0 Å². The molecule has 2 N–H and O–H groups in total. The first-order valence-corrected chi connectivity index (χ1v) is 6.52. The van der Waals surface area contributed by atoms with Crippen LogP contribution in [0.2, 0.25) is 0 Å².